The summed E-state index contributed by atoms with van der Waals surface area (Å²) < 4.78 is 36.3. The first-order chi connectivity index (χ1) is 33.0. The summed E-state index contributed by atoms with van der Waals surface area (Å²) in [5.74, 6) is -2.10. The first kappa shape index (κ1) is 49.0. The van der Waals surface area contributed by atoms with E-state index in [0.29, 0.717) is 24.2 Å². The lowest BCUT2D eigenvalue weighted by Crippen LogP contribution is -2.79. The van der Waals surface area contributed by atoms with Crippen LogP contribution in [0.15, 0.2) is 72.9 Å². The molecule has 3 spiro atoms. The monoisotopic (exact) mass is 980 g/mol. The van der Waals surface area contributed by atoms with Crippen molar-refractivity contribution >= 4 is 52.6 Å². The molecule has 8 saturated heterocycles. The fourth-order valence-electron chi connectivity index (χ4n) is 12.5. The topological polar surface area (TPSA) is 194 Å². The van der Waals surface area contributed by atoms with E-state index in [1.54, 1.807) is 91.2 Å². The van der Waals surface area contributed by atoms with Gasteiger partial charge in [0.2, 0.25) is 0 Å². The van der Waals surface area contributed by atoms with Crippen LogP contribution in [0.25, 0.3) is 0 Å². The Kier molecular flexibility index (Phi) is 10.4. The van der Waals surface area contributed by atoms with Gasteiger partial charge in [-0.3, -0.25) is 62.6 Å². The highest BCUT2D eigenvalue weighted by Crippen LogP contribution is 2.60. The summed E-state index contributed by atoms with van der Waals surface area (Å²) in [7, 11) is 0. The van der Waals surface area contributed by atoms with E-state index in [1.807, 2.05) is 88.4 Å². The molecule has 12 rings (SSSR count). The van der Waals surface area contributed by atoms with E-state index < -0.39 is 75.9 Å². The number of carbonyl (C=O) groups excluding carboxylic acids is 7. The summed E-state index contributed by atoms with van der Waals surface area (Å²) in [5.41, 5.74) is -4.91. The Labute approximate surface area is 413 Å². The Morgan fingerprint density at radius 1 is 0.451 bits per heavy atom. The highest BCUT2D eigenvalue weighted by Gasteiger charge is 2.82. The maximum absolute atomic E-state index is 14.1. The molecule has 6 amide bonds. The second-order valence-electron chi connectivity index (χ2n) is 22.4. The molecular formula is C52H64N6O13. The molecule has 9 aliphatic heterocycles. The Morgan fingerprint density at radius 2 is 0.803 bits per heavy atom. The number of hydrogen-bond acceptors (Lipinski definition) is 13. The van der Waals surface area contributed by atoms with Crippen molar-refractivity contribution in [1.82, 2.24) is 19.6 Å². The average Bonchev–Trinajstić information content (AvgIpc) is 4.10. The number of para-hydroxylation sites is 2. The van der Waals surface area contributed by atoms with E-state index in [4.69, 9.17) is 28.4 Å². The molecule has 0 bridgehead atoms. The first-order valence-corrected chi connectivity index (χ1v) is 24.4. The predicted octanol–water partition coefficient (Wildman–Crippen LogP) is 4.72. The van der Waals surface area contributed by atoms with Crippen LogP contribution in [0.2, 0.25) is 0 Å². The number of nitrogens with zero attached hydrogens (tertiary/aromatic N) is 6. The van der Waals surface area contributed by atoms with Crippen molar-refractivity contribution in [3.05, 3.63) is 72.9 Å². The number of allylic oxidation sites excluding steroid dienone is 6. The van der Waals surface area contributed by atoms with Crippen LogP contribution in [0, 0.1) is 11.8 Å². The fourth-order valence-corrected chi connectivity index (χ4v) is 12.5. The molecule has 0 saturated carbocycles. The zero-order valence-corrected chi connectivity index (χ0v) is 42.8. The fraction of sp³-hybridized carbons (Fsp3) is 0.596. The molecule has 0 N–H and O–H groups in total. The number of Topliss-reactive ketones (excluding diaryl/α,β-unsaturated/α-hetero) is 1. The lowest BCUT2D eigenvalue weighted by Gasteiger charge is -2.56. The lowest BCUT2D eigenvalue weighted by atomic mass is 9.77. The SMILES string of the molecule is CC1(C)C(=O)C(C)(C)N2C(=O)[C@@](C)(C3C=CC=CC3)OC23O[C@](C)(C2C=CC=CC2)C(=O)N13.C[C@H]1OC23O[C@H](C)C(=O)N2C(C)(C)C(C)(C)N3C1=O.C[C@H]1OC23O[C@H](C)C(=O)N2c2ccccc2N3C1=O. The highest BCUT2D eigenvalue weighted by molar-refractivity contribution is 6.13. The van der Waals surface area contributed by atoms with Crippen LogP contribution in [-0.4, -0.2) is 137 Å². The second-order valence-corrected chi connectivity index (χ2v) is 22.4. The third-order valence-corrected chi connectivity index (χ3v) is 16.8. The van der Waals surface area contributed by atoms with Gasteiger partial charge in [0.25, 0.3) is 35.4 Å². The van der Waals surface area contributed by atoms with E-state index in [2.05, 4.69) is 0 Å². The quantitative estimate of drug-likeness (QED) is 0.396. The summed E-state index contributed by atoms with van der Waals surface area (Å²) >= 11 is 0. The van der Waals surface area contributed by atoms with Crippen molar-refractivity contribution in [2.24, 2.45) is 11.8 Å². The number of benzene rings is 1. The average molecular weight is 981 g/mol. The van der Waals surface area contributed by atoms with Gasteiger partial charge in [0.05, 0.1) is 22.5 Å². The van der Waals surface area contributed by atoms with Gasteiger partial charge in [-0.05, 0) is 122 Å². The molecule has 8 atom stereocenters. The van der Waals surface area contributed by atoms with Gasteiger partial charge >= 0.3 is 18.1 Å². The van der Waals surface area contributed by atoms with Gasteiger partial charge in [-0.15, -0.1) is 0 Å². The highest BCUT2D eigenvalue weighted by atomic mass is 16.8. The molecule has 9 heterocycles. The van der Waals surface area contributed by atoms with Crippen LogP contribution in [0.4, 0.5) is 11.4 Å². The lowest BCUT2D eigenvalue weighted by molar-refractivity contribution is -0.384. The van der Waals surface area contributed by atoms with Crippen LogP contribution in [0.5, 0.6) is 0 Å². The molecule has 2 aliphatic carbocycles. The minimum atomic E-state index is -1.80. The van der Waals surface area contributed by atoms with Gasteiger partial charge in [0, 0.05) is 11.8 Å². The summed E-state index contributed by atoms with van der Waals surface area (Å²) in [4.78, 5) is 100. The summed E-state index contributed by atoms with van der Waals surface area (Å²) in [5, 5.41) is 0. The van der Waals surface area contributed by atoms with E-state index in [1.165, 1.54) is 19.6 Å². The summed E-state index contributed by atoms with van der Waals surface area (Å²) in [6.45, 7) is 24.8. The summed E-state index contributed by atoms with van der Waals surface area (Å²) in [6, 6.07) is 2.63. The Balaban J connectivity index is 0.000000131. The first-order valence-electron chi connectivity index (χ1n) is 24.4. The minimum Gasteiger partial charge on any atom is -0.302 e. The Bertz CT molecular complexity index is 2540. The normalized spacial score (nSPS) is 38.2. The third kappa shape index (κ3) is 5.89. The zero-order valence-electron chi connectivity index (χ0n) is 42.8. The van der Waals surface area contributed by atoms with Crippen molar-refractivity contribution in [1.29, 1.82) is 0 Å². The maximum atomic E-state index is 14.1. The molecule has 71 heavy (non-hydrogen) atoms. The third-order valence-electron chi connectivity index (χ3n) is 16.8. The Morgan fingerprint density at radius 3 is 1.15 bits per heavy atom. The minimum absolute atomic E-state index is 0.137. The molecule has 0 radical (unpaired) electrons. The largest absolute Gasteiger partial charge is 0.358 e. The van der Waals surface area contributed by atoms with Crippen LogP contribution in [0.1, 0.15) is 110 Å². The maximum Gasteiger partial charge on any atom is 0.358 e. The molecule has 0 aromatic heterocycles. The zero-order chi connectivity index (χ0) is 51.8. The molecule has 1 aromatic carbocycles. The van der Waals surface area contributed by atoms with Crippen molar-refractivity contribution in [3.8, 4) is 0 Å². The standard InChI is InChI=1S/C26H32N2O5.C13H12N2O4.C13H20N2O4/c1-22(2)19(29)23(3,4)28-21(31)25(6,18-15-11-8-12-16-18)33-26(28)27(22)20(30)24(5,32-26)17-13-9-7-10-14-17;1-7-11(16)14-9-5-3-4-6-10(9)15-12(17)8(2)19-13(14,15)18-7;1-7-9(16)14-11(3,4)12(5,6)15-10(17)8(2)19-13(14,15)18-7/h7-13,15,17-18H,14,16H2,1-6H3;3-8H,1-2H3;7-8H,1-6H3/t17?,18?,24-,25-,26?;2*7-,8-,13?/m111/s1. The molecule has 380 valence electrons. The molecule has 11 aliphatic rings. The number of carbonyl (C=O) groups is 7. The van der Waals surface area contributed by atoms with Crippen molar-refractivity contribution in [3.63, 3.8) is 0 Å². The molecule has 19 heteroatoms. The van der Waals surface area contributed by atoms with Crippen LogP contribution >= 0.6 is 0 Å². The number of amides is 6. The van der Waals surface area contributed by atoms with Gasteiger partial charge in [-0.1, -0.05) is 60.7 Å². The van der Waals surface area contributed by atoms with Crippen LogP contribution in [0.3, 0.4) is 0 Å². The van der Waals surface area contributed by atoms with Gasteiger partial charge < -0.3 is 18.9 Å². The summed E-state index contributed by atoms with van der Waals surface area (Å²) in [6.07, 6.45) is 14.3. The number of ketones is 1. The predicted molar refractivity (Wildman–Crippen MR) is 252 cm³/mol. The van der Waals surface area contributed by atoms with Crippen LogP contribution in [-0.2, 0) is 62.0 Å². The van der Waals surface area contributed by atoms with Gasteiger partial charge in [-0.2, -0.15) is 0 Å². The second kappa shape index (κ2) is 15.0. The molecule has 2 unspecified atom stereocenters. The number of rotatable bonds is 2. The van der Waals surface area contributed by atoms with E-state index in [-0.39, 0.29) is 53.1 Å². The molecule has 1 aromatic rings. The van der Waals surface area contributed by atoms with Gasteiger partial charge in [0.1, 0.15) is 35.5 Å². The molecular weight excluding hydrogens is 917 g/mol. The van der Waals surface area contributed by atoms with Crippen molar-refractivity contribution in [2.75, 3.05) is 9.80 Å². The number of fused-ring (bicyclic) bond motifs is 3. The van der Waals surface area contributed by atoms with Crippen molar-refractivity contribution in [2.45, 2.75) is 186 Å². The van der Waals surface area contributed by atoms with E-state index >= 15 is 0 Å². The van der Waals surface area contributed by atoms with E-state index in [0.717, 1.165) is 0 Å². The number of hydrogen-bond donors (Lipinski definition) is 0. The van der Waals surface area contributed by atoms with E-state index in [9.17, 15) is 33.6 Å². The number of ether oxygens (including phenoxy) is 6. The van der Waals surface area contributed by atoms with Gasteiger partial charge in [-0.25, -0.2) is 9.80 Å². The smallest absolute Gasteiger partial charge is 0.302 e. The Hall–Kier alpha value is -5.57. The van der Waals surface area contributed by atoms with Crippen LogP contribution < -0.4 is 9.80 Å². The van der Waals surface area contributed by atoms with Crippen molar-refractivity contribution < 1.29 is 62.0 Å². The molecule has 19 nitrogen and oxygen atoms in total. The number of anilines is 2. The van der Waals surface area contributed by atoms with Gasteiger partial charge in [0.15, 0.2) is 17.0 Å². The molecule has 8 fully saturated rings.